The topological polar surface area (TPSA) is 85.7 Å². The summed E-state index contributed by atoms with van der Waals surface area (Å²) < 4.78 is 6.95. The number of rotatable bonds is 6. The van der Waals surface area contributed by atoms with Gasteiger partial charge in [0.05, 0.1) is 24.0 Å². The largest absolute Gasteiger partial charge is 0.456 e. The number of esters is 1. The van der Waals surface area contributed by atoms with E-state index in [9.17, 15) is 4.79 Å². The predicted octanol–water partition coefficient (Wildman–Crippen LogP) is 4.11. The van der Waals surface area contributed by atoms with E-state index in [4.69, 9.17) is 4.74 Å². The molecule has 152 valence electrons. The van der Waals surface area contributed by atoms with Crippen LogP contribution in [0.2, 0.25) is 0 Å². The summed E-state index contributed by atoms with van der Waals surface area (Å²) in [4.78, 5) is 19.9. The standard InChI is InChI=1S/C24H19N5O2/c30-23(11-10-17-6-2-1-3-7-17)31-16-18-14-29(28-27-18)15-22-24-20(12-13-25-22)19-8-4-5-9-21(19)26-24/h1-14,26H,15-16H2/b11-10+. The van der Waals surface area contributed by atoms with Crippen LogP contribution in [-0.4, -0.2) is 30.9 Å². The van der Waals surface area contributed by atoms with Crippen LogP contribution in [0.25, 0.3) is 27.9 Å². The number of pyridine rings is 1. The first-order valence-corrected chi connectivity index (χ1v) is 9.89. The highest BCUT2D eigenvalue weighted by Gasteiger charge is 2.11. The number of hydrogen-bond donors (Lipinski definition) is 1. The minimum atomic E-state index is -0.428. The Labute approximate surface area is 178 Å². The predicted molar refractivity (Wildman–Crippen MR) is 118 cm³/mol. The number of nitrogens with one attached hydrogen (secondary N) is 1. The summed E-state index contributed by atoms with van der Waals surface area (Å²) in [6.07, 6.45) is 6.68. The molecule has 0 saturated carbocycles. The van der Waals surface area contributed by atoms with Gasteiger partial charge < -0.3 is 9.72 Å². The lowest BCUT2D eigenvalue weighted by molar-refractivity contribution is -0.139. The van der Waals surface area contributed by atoms with Crippen molar-refractivity contribution in [1.29, 1.82) is 0 Å². The van der Waals surface area contributed by atoms with E-state index in [-0.39, 0.29) is 6.61 Å². The summed E-state index contributed by atoms with van der Waals surface area (Å²) in [5.41, 5.74) is 4.43. The molecule has 0 aliphatic heterocycles. The number of para-hydroxylation sites is 1. The Bertz CT molecular complexity index is 1390. The molecule has 31 heavy (non-hydrogen) atoms. The van der Waals surface area contributed by atoms with Crippen LogP contribution < -0.4 is 0 Å². The summed E-state index contributed by atoms with van der Waals surface area (Å²) in [5.74, 6) is -0.428. The SMILES string of the molecule is O=C(/C=C/c1ccccc1)OCc1cn(Cc2nccc3c2[nH]c2ccccc23)nn1. The van der Waals surface area contributed by atoms with Crippen LogP contribution in [-0.2, 0) is 22.7 Å². The molecule has 0 fully saturated rings. The van der Waals surface area contributed by atoms with E-state index >= 15 is 0 Å². The first-order chi connectivity index (χ1) is 15.3. The van der Waals surface area contributed by atoms with Gasteiger partial charge in [0.25, 0.3) is 0 Å². The van der Waals surface area contributed by atoms with Crippen LogP contribution in [0.1, 0.15) is 17.0 Å². The first-order valence-electron chi connectivity index (χ1n) is 9.89. The summed E-state index contributed by atoms with van der Waals surface area (Å²) in [5, 5.41) is 10.5. The van der Waals surface area contributed by atoms with Gasteiger partial charge in [-0.2, -0.15) is 0 Å². The Morgan fingerprint density at radius 2 is 1.87 bits per heavy atom. The Hall–Kier alpha value is -4.26. The van der Waals surface area contributed by atoms with Gasteiger partial charge in [0.2, 0.25) is 0 Å². The minimum absolute atomic E-state index is 0.0575. The lowest BCUT2D eigenvalue weighted by Gasteiger charge is -2.02. The zero-order valence-corrected chi connectivity index (χ0v) is 16.6. The fourth-order valence-electron chi connectivity index (χ4n) is 3.51. The summed E-state index contributed by atoms with van der Waals surface area (Å²) in [7, 11) is 0. The lowest BCUT2D eigenvalue weighted by atomic mass is 10.1. The quantitative estimate of drug-likeness (QED) is 0.337. The van der Waals surface area contributed by atoms with Crippen molar-refractivity contribution >= 4 is 33.9 Å². The molecule has 0 atom stereocenters. The van der Waals surface area contributed by atoms with Crippen LogP contribution in [0.3, 0.4) is 0 Å². The molecule has 1 N–H and O–H groups in total. The minimum Gasteiger partial charge on any atom is -0.456 e. The first kappa shape index (κ1) is 18.7. The number of ether oxygens (including phenoxy) is 1. The van der Waals surface area contributed by atoms with Crippen molar-refractivity contribution in [1.82, 2.24) is 25.0 Å². The molecule has 7 heteroatoms. The van der Waals surface area contributed by atoms with Gasteiger partial charge in [0, 0.05) is 28.6 Å². The third-order valence-corrected chi connectivity index (χ3v) is 4.98. The molecule has 5 rings (SSSR count). The van der Waals surface area contributed by atoms with Gasteiger partial charge in [-0.15, -0.1) is 5.10 Å². The Morgan fingerprint density at radius 1 is 1.03 bits per heavy atom. The van der Waals surface area contributed by atoms with E-state index < -0.39 is 5.97 Å². The highest BCUT2D eigenvalue weighted by Crippen LogP contribution is 2.26. The number of fused-ring (bicyclic) bond motifs is 3. The molecule has 3 aromatic heterocycles. The van der Waals surface area contributed by atoms with Crippen LogP contribution in [0.15, 0.2) is 79.1 Å². The average Bonchev–Trinajstić information content (AvgIpc) is 3.42. The molecule has 7 nitrogen and oxygen atoms in total. The molecule has 5 aromatic rings. The fourth-order valence-corrected chi connectivity index (χ4v) is 3.51. The van der Waals surface area contributed by atoms with Crippen LogP contribution in [0.4, 0.5) is 0 Å². The number of benzene rings is 2. The highest BCUT2D eigenvalue weighted by atomic mass is 16.5. The summed E-state index contributed by atoms with van der Waals surface area (Å²) in [6.45, 7) is 0.515. The van der Waals surface area contributed by atoms with Crippen molar-refractivity contribution in [2.45, 2.75) is 13.2 Å². The number of carbonyl (C=O) groups is 1. The number of nitrogens with zero attached hydrogens (tertiary/aromatic N) is 4. The number of aromatic amines is 1. The second-order valence-corrected chi connectivity index (χ2v) is 7.11. The maximum absolute atomic E-state index is 11.9. The van der Waals surface area contributed by atoms with Gasteiger partial charge >= 0.3 is 5.97 Å². The molecule has 0 aliphatic rings. The Morgan fingerprint density at radius 3 is 2.77 bits per heavy atom. The van der Waals surface area contributed by atoms with Crippen molar-refractivity contribution in [3.05, 3.63) is 96.1 Å². The molecule has 0 amide bonds. The van der Waals surface area contributed by atoms with E-state index in [2.05, 4.69) is 26.3 Å². The number of hydrogen-bond acceptors (Lipinski definition) is 5. The highest BCUT2D eigenvalue weighted by molar-refractivity contribution is 6.07. The number of aromatic nitrogens is 5. The molecular weight excluding hydrogens is 390 g/mol. The molecule has 2 aromatic carbocycles. The molecule has 0 bridgehead atoms. The molecule has 0 radical (unpaired) electrons. The maximum atomic E-state index is 11.9. The smallest absolute Gasteiger partial charge is 0.331 e. The second-order valence-electron chi connectivity index (χ2n) is 7.11. The molecule has 0 spiro atoms. The fraction of sp³-hybridized carbons (Fsp3) is 0.0833. The lowest BCUT2D eigenvalue weighted by Crippen LogP contribution is -2.03. The zero-order valence-electron chi connectivity index (χ0n) is 16.6. The van der Waals surface area contributed by atoms with Gasteiger partial charge in [0.15, 0.2) is 0 Å². The van der Waals surface area contributed by atoms with Gasteiger partial charge in [-0.25, -0.2) is 9.48 Å². The Balaban J connectivity index is 1.26. The molecule has 0 unspecified atom stereocenters. The zero-order chi connectivity index (χ0) is 21.0. The van der Waals surface area contributed by atoms with Gasteiger partial charge in [0.1, 0.15) is 12.3 Å². The van der Waals surface area contributed by atoms with E-state index in [1.807, 2.05) is 54.6 Å². The monoisotopic (exact) mass is 409 g/mol. The maximum Gasteiger partial charge on any atom is 0.331 e. The third kappa shape index (κ3) is 4.06. The number of H-pyrrole nitrogens is 1. The van der Waals surface area contributed by atoms with E-state index in [0.717, 1.165) is 33.1 Å². The van der Waals surface area contributed by atoms with Crippen molar-refractivity contribution in [3.63, 3.8) is 0 Å². The van der Waals surface area contributed by atoms with E-state index in [1.165, 1.54) is 6.08 Å². The molecule has 3 heterocycles. The van der Waals surface area contributed by atoms with Gasteiger partial charge in [-0.1, -0.05) is 53.7 Å². The summed E-state index contributed by atoms with van der Waals surface area (Å²) in [6, 6.07) is 19.7. The van der Waals surface area contributed by atoms with Crippen LogP contribution >= 0.6 is 0 Å². The van der Waals surface area contributed by atoms with Gasteiger partial charge in [-0.05, 0) is 23.8 Å². The van der Waals surface area contributed by atoms with E-state index in [1.54, 1.807) is 23.2 Å². The van der Waals surface area contributed by atoms with Crippen molar-refractivity contribution in [2.75, 3.05) is 0 Å². The number of carbonyl (C=O) groups excluding carboxylic acids is 1. The third-order valence-electron chi connectivity index (χ3n) is 4.98. The van der Waals surface area contributed by atoms with Gasteiger partial charge in [-0.3, -0.25) is 4.98 Å². The average molecular weight is 409 g/mol. The van der Waals surface area contributed by atoms with Crippen molar-refractivity contribution in [2.24, 2.45) is 0 Å². The summed E-state index contributed by atoms with van der Waals surface area (Å²) >= 11 is 0. The second kappa shape index (κ2) is 8.23. The molecular formula is C24H19N5O2. The normalized spacial score (nSPS) is 11.5. The molecule has 0 aliphatic carbocycles. The molecule has 0 saturated heterocycles. The van der Waals surface area contributed by atoms with E-state index in [0.29, 0.717) is 12.2 Å². The van der Waals surface area contributed by atoms with Crippen molar-refractivity contribution < 1.29 is 9.53 Å². The Kier molecular flexibility index (Phi) is 4.98. The van der Waals surface area contributed by atoms with Crippen molar-refractivity contribution in [3.8, 4) is 0 Å². The van der Waals surface area contributed by atoms with Crippen LogP contribution in [0.5, 0.6) is 0 Å². The van der Waals surface area contributed by atoms with Crippen LogP contribution in [0, 0.1) is 0 Å².